The number of fused-ring (bicyclic) bond motifs is 1. The fraction of sp³-hybridized carbons (Fsp3) is 0.571. The molecule has 10 nitrogen and oxygen atoms in total. The first-order valence-electron chi connectivity index (χ1n) is 13.1. The van der Waals surface area contributed by atoms with Crippen molar-refractivity contribution in [1.29, 1.82) is 0 Å². The number of ether oxygens (including phenoxy) is 3. The molecule has 0 unspecified atom stereocenters. The Balaban J connectivity index is 1.82. The minimum atomic E-state index is -0.631. The van der Waals surface area contributed by atoms with Gasteiger partial charge in [0.05, 0.1) is 31.5 Å². The van der Waals surface area contributed by atoms with Crippen LogP contribution in [-0.2, 0) is 9.47 Å². The standard InChI is InChI=1S/C28H39N5O5/c1-9-32-16-28(7,8)37-23-21(24(32)34)22(30-25(31-23)33-12-13-36-15-18(33)3)19-10-11-20(17(2)14-19)29-26(35)38-27(4,5)6/h10-11,14,18H,9,12-13,15-16H2,1-8H3,(H,29,35)/t18-/m0/s1. The van der Waals surface area contributed by atoms with Crippen LogP contribution in [0.1, 0.15) is 64.4 Å². The topological polar surface area (TPSA) is 106 Å². The molecule has 0 spiro atoms. The highest BCUT2D eigenvalue weighted by Gasteiger charge is 2.38. The number of aromatic nitrogens is 2. The van der Waals surface area contributed by atoms with Crippen LogP contribution in [0.25, 0.3) is 11.3 Å². The van der Waals surface area contributed by atoms with Crippen molar-refractivity contribution in [2.75, 3.05) is 43.1 Å². The van der Waals surface area contributed by atoms with Crippen LogP contribution in [-0.4, -0.2) is 77.0 Å². The maximum atomic E-state index is 13.8. The van der Waals surface area contributed by atoms with E-state index in [2.05, 4.69) is 17.1 Å². The summed E-state index contributed by atoms with van der Waals surface area (Å²) in [7, 11) is 0. The van der Waals surface area contributed by atoms with Crippen LogP contribution in [0, 0.1) is 6.92 Å². The molecule has 2 aromatic rings. The number of benzene rings is 1. The fourth-order valence-electron chi connectivity index (χ4n) is 4.66. The first-order chi connectivity index (χ1) is 17.8. The molecule has 0 bridgehead atoms. The molecular formula is C28H39N5O5. The van der Waals surface area contributed by atoms with Gasteiger partial charge in [-0.05, 0) is 73.1 Å². The average molecular weight is 526 g/mol. The van der Waals surface area contributed by atoms with Gasteiger partial charge in [0.1, 0.15) is 16.8 Å². The van der Waals surface area contributed by atoms with Gasteiger partial charge in [0.15, 0.2) is 0 Å². The number of carbonyl (C=O) groups is 2. The van der Waals surface area contributed by atoms with Crippen LogP contribution in [0.15, 0.2) is 18.2 Å². The smallest absolute Gasteiger partial charge is 0.412 e. The summed E-state index contributed by atoms with van der Waals surface area (Å²) in [4.78, 5) is 39.7. The van der Waals surface area contributed by atoms with Crippen molar-refractivity contribution in [2.24, 2.45) is 0 Å². The summed E-state index contributed by atoms with van der Waals surface area (Å²) < 4.78 is 17.4. The van der Waals surface area contributed by atoms with Crippen LogP contribution >= 0.6 is 0 Å². The molecule has 1 N–H and O–H groups in total. The summed E-state index contributed by atoms with van der Waals surface area (Å²) >= 11 is 0. The monoisotopic (exact) mass is 525 g/mol. The predicted octanol–water partition coefficient (Wildman–Crippen LogP) is 4.66. The molecule has 206 valence electrons. The Morgan fingerprint density at radius 1 is 1.26 bits per heavy atom. The molecule has 2 aliphatic rings. The number of hydrogen-bond donors (Lipinski definition) is 1. The average Bonchev–Trinajstić information content (AvgIpc) is 2.91. The maximum Gasteiger partial charge on any atom is 0.412 e. The SMILES string of the molecule is CCN1CC(C)(C)Oc2nc(N3CCOC[C@@H]3C)nc(-c3ccc(NC(=O)OC(C)(C)C)c(C)c3)c2C1=O. The Morgan fingerprint density at radius 2 is 2.00 bits per heavy atom. The van der Waals surface area contributed by atoms with Gasteiger partial charge in [-0.2, -0.15) is 4.98 Å². The largest absolute Gasteiger partial charge is 0.469 e. The zero-order valence-corrected chi connectivity index (χ0v) is 23.7. The maximum absolute atomic E-state index is 13.8. The van der Waals surface area contributed by atoms with Gasteiger partial charge in [-0.15, -0.1) is 0 Å². The number of amides is 2. The zero-order chi connectivity index (χ0) is 27.8. The highest BCUT2D eigenvalue weighted by molar-refractivity contribution is 6.03. The number of likely N-dealkylation sites (N-methyl/N-ethyl adjacent to an activating group) is 1. The third-order valence-electron chi connectivity index (χ3n) is 6.45. The quantitative estimate of drug-likeness (QED) is 0.615. The number of hydrogen-bond acceptors (Lipinski definition) is 8. The molecule has 0 radical (unpaired) electrons. The lowest BCUT2D eigenvalue weighted by Crippen LogP contribution is -2.44. The van der Waals surface area contributed by atoms with E-state index in [0.29, 0.717) is 55.7 Å². The molecule has 1 aromatic carbocycles. The molecule has 1 saturated heterocycles. The fourth-order valence-corrected chi connectivity index (χ4v) is 4.66. The van der Waals surface area contributed by atoms with Crippen LogP contribution in [0.2, 0.25) is 0 Å². The third kappa shape index (κ3) is 6.01. The van der Waals surface area contributed by atoms with Gasteiger partial charge < -0.3 is 24.0 Å². The molecule has 1 atom stereocenters. The minimum Gasteiger partial charge on any atom is -0.469 e. The van der Waals surface area contributed by atoms with E-state index in [1.54, 1.807) is 11.0 Å². The molecule has 3 heterocycles. The molecule has 0 aliphatic carbocycles. The summed E-state index contributed by atoms with van der Waals surface area (Å²) in [6.45, 7) is 18.0. The number of nitrogens with one attached hydrogen (secondary N) is 1. The van der Waals surface area contributed by atoms with E-state index in [-0.39, 0.29) is 17.8 Å². The second-order valence-corrected chi connectivity index (χ2v) is 11.5. The van der Waals surface area contributed by atoms with Gasteiger partial charge in [0.2, 0.25) is 11.8 Å². The highest BCUT2D eigenvalue weighted by Crippen LogP contribution is 2.37. The van der Waals surface area contributed by atoms with Crippen molar-refractivity contribution in [3.8, 4) is 17.1 Å². The summed E-state index contributed by atoms with van der Waals surface area (Å²) in [5.74, 6) is 0.609. The van der Waals surface area contributed by atoms with Gasteiger partial charge in [0, 0.05) is 24.3 Å². The lowest BCUT2D eigenvalue weighted by molar-refractivity contribution is 0.0541. The van der Waals surface area contributed by atoms with E-state index in [1.807, 2.05) is 60.6 Å². The van der Waals surface area contributed by atoms with E-state index >= 15 is 0 Å². The Kier molecular flexibility index (Phi) is 7.56. The van der Waals surface area contributed by atoms with Gasteiger partial charge >= 0.3 is 6.09 Å². The number of anilines is 2. The van der Waals surface area contributed by atoms with Crippen molar-refractivity contribution in [3.05, 3.63) is 29.3 Å². The van der Waals surface area contributed by atoms with Crippen LogP contribution < -0.4 is 15.0 Å². The van der Waals surface area contributed by atoms with Crippen molar-refractivity contribution in [1.82, 2.24) is 14.9 Å². The Labute approximate surface area is 224 Å². The van der Waals surface area contributed by atoms with E-state index in [0.717, 1.165) is 11.1 Å². The molecule has 0 saturated carbocycles. The Hall–Kier alpha value is -3.40. The molecule has 1 fully saturated rings. The summed E-state index contributed by atoms with van der Waals surface area (Å²) in [6.07, 6.45) is -0.530. The predicted molar refractivity (Wildman–Crippen MR) is 146 cm³/mol. The van der Waals surface area contributed by atoms with E-state index in [4.69, 9.17) is 24.2 Å². The van der Waals surface area contributed by atoms with Crippen LogP contribution in [0.4, 0.5) is 16.4 Å². The molecule has 2 amide bonds. The van der Waals surface area contributed by atoms with Crippen LogP contribution in [0.3, 0.4) is 0 Å². The van der Waals surface area contributed by atoms with E-state index < -0.39 is 17.3 Å². The highest BCUT2D eigenvalue weighted by atomic mass is 16.6. The second-order valence-electron chi connectivity index (χ2n) is 11.5. The summed E-state index contributed by atoms with van der Waals surface area (Å²) in [6, 6.07) is 5.61. The van der Waals surface area contributed by atoms with Crippen molar-refractivity contribution in [3.63, 3.8) is 0 Å². The lowest BCUT2D eigenvalue weighted by atomic mass is 10.0. The molecular weight excluding hydrogens is 486 g/mol. The van der Waals surface area contributed by atoms with Crippen LogP contribution in [0.5, 0.6) is 5.88 Å². The Morgan fingerprint density at radius 3 is 2.63 bits per heavy atom. The van der Waals surface area contributed by atoms with Gasteiger partial charge in [0.25, 0.3) is 5.91 Å². The number of carbonyl (C=O) groups excluding carboxylic acids is 2. The number of aryl methyl sites for hydroxylation is 1. The van der Waals surface area contributed by atoms with Crippen molar-refractivity contribution >= 4 is 23.6 Å². The molecule has 10 heteroatoms. The molecule has 1 aromatic heterocycles. The third-order valence-corrected chi connectivity index (χ3v) is 6.45. The number of rotatable bonds is 4. The molecule has 38 heavy (non-hydrogen) atoms. The van der Waals surface area contributed by atoms with E-state index in [9.17, 15) is 9.59 Å². The molecule has 2 aliphatic heterocycles. The normalized spacial score (nSPS) is 19.4. The minimum absolute atomic E-state index is 0.0680. The lowest BCUT2D eigenvalue weighted by Gasteiger charge is -2.34. The second kappa shape index (κ2) is 10.4. The number of morpholine rings is 1. The summed E-state index contributed by atoms with van der Waals surface area (Å²) in [5.41, 5.74) is 1.74. The Bertz CT molecular complexity index is 1220. The first kappa shape index (κ1) is 27.6. The van der Waals surface area contributed by atoms with Gasteiger partial charge in [-0.25, -0.2) is 9.78 Å². The zero-order valence-electron chi connectivity index (χ0n) is 23.7. The van der Waals surface area contributed by atoms with E-state index in [1.165, 1.54) is 0 Å². The first-order valence-corrected chi connectivity index (χ1v) is 13.1. The van der Waals surface area contributed by atoms with Gasteiger partial charge in [-0.1, -0.05) is 6.07 Å². The number of nitrogens with zero attached hydrogens (tertiary/aromatic N) is 4. The summed E-state index contributed by atoms with van der Waals surface area (Å²) in [5, 5.41) is 2.81. The van der Waals surface area contributed by atoms with Crippen molar-refractivity contribution < 1.29 is 23.8 Å². The molecule has 4 rings (SSSR count). The van der Waals surface area contributed by atoms with Crippen molar-refractivity contribution in [2.45, 2.75) is 72.6 Å². The van der Waals surface area contributed by atoms with Gasteiger partial charge in [-0.3, -0.25) is 10.1 Å².